The van der Waals surface area contributed by atoms with Crippen LogP contribution < -0.4 is 4.72 Å². The highest BCUT2D eigenvalue weighted by Crippen LogP contribution is 2.32. The first-order chi connectivity index (χ1) is 8.31. The smallest absolute Gasteiger partial charge is 0.348 e. The molecule has 1 atom stereocenters. The van der Waals surface area contributed by atoms with Crippen molar-refractivity contribution in [2.75, 3.05) is 7.11 Å². The first-order valence-corrected chi connectivity index (χ1v) is 8.31. The summed E-state index contributed by atoms with van der Waals surface area (Å²) in [6.07, 6.45) is 0.685. The Hall–Kier alpha value is -0.440. The Morgan fingerprint density at radius 2 is 2.22 bits per heavy atom. The van der Waals surface area contributed by atoms with E-state index in [4.69, 9.17) is 0 Å². The molecule has 0 saturated carbocycles. The van der Waals surface area contributed by atoms with Crippen LogP contribution >= 0.6 is 27.3 Å². The zero-order valence-electron chi connectivity index (χ0n) is 10.2. The van der Waals surface area contributed by atoms with E-state index in [1.165, 1.54) is 13.2 Å². The SMILES string of the molecule is CC[C@H](C)NS(=O)(=O)c1cc(C(=O)OC)sc1Br. The fourth-order valence-corrected chi connectivity index (χ4v) is 4.96. The molecule has 0 unspecified atom stereocenters. The zero-order chi connectivity index (χ0) is 13.9. The fraction of sp³-hybridized carbons (Fsp3) is 0.500. The molecule has 0 aliphatic heterocycles. The number of sulfonamides is 1. The average molecular weight is 356 g/mol. The molecule has 102 valence electrons. The van der Waals surface area contributed by atoms with Crippen LogP contribution in [0.25, 0.3) is 0 Å². The van der Waals surface area contributed by atoms with Crippen molar-refractivity contribution in [3.8, 4) is 0 Å². The van der Waals surface area contributed by atoms with Crippen molar-refractivity contribution in [1.82, 2.24) is 4.72 Å². The summed E-state index contributed by atoms with van der Waals surface area (Å²) in [7, 11) is -2.37. The van der Waals surface area contributed by atoms with Gasteiger partial charge in [0.15, 0.2) is 0 Å². The van der Waals surface area contributed by atoms with Gasteiger partial charge in [-0.1, -0.05) is 6.92 Å². The van der Waals surface area contributed by atoms with Crippen molar-refractivity contribution in [3.05, 3.63) is 14.7 Å². The summed E-state index contributed by atoms with van der Waals surface area (Å²) < 4.78 is 31.6. The van der Waals surface area contributed by atoms with Crippen molar-refractivity contribution in [2.24, 2.45) is 0 Å². The van der Waals surface area contributed by atoms with E-state index in [0.29, 0.717) is 10.2 Å². The molecule has 18 heavy (non-hydrogen) atoms. The second-order valence-electron chi connectivity index (χ2n) is 3.67. The molecule has 0 spiro atoms. The third-order valence-corrected chi connectivity index (χ3v) is 6.12. The summed E-state index contributed by atoms with van der Waals surface area (Å²) in [5, 5.41) is 0. The van der Waals surface area contributed by atoms with E-state index in [2.05, 4.69) is 25.4 Å². The van der Waals surface area contributed by atoms with E-state index in [1.807, 2.05) is 6.92 Å². The summed E-state index contributed by atoms with van der Waals surface area (Å²) >= 11 is 4.19. The molecule has 5 nitrogen and oxygen atoms in total. The summed E-state index contributed by atoms with van der Waals surface area (Å²) in [6.45, 7) is 3.66. The van der Waals surface area contributed by atoms with Gasteiger partial charge in [0.05, 0.1) is 10.9 Å². The summed E-state index contributed by atoms with van der Waals surface area (Å²) in [5.41, 5.74) is 0. The normalized spacial score (nSPS) is 13.3. The molecule has 1 rings (SSSR count). The van der Waals surface area contributed by atoms with Crippen LogP contribution in [0.3, 0.4) is 0 Å². The third kappa shape index (κ3) is 3.53. The third-order valence-electron chi connectivity index (χ3n) is 2.30. The molecule has 1 aromatic rings. The lowest BCUT2D eigenvalue weighted by Crippen LogP contribution is -2.31. The molecule has 0 aliphatic rings. The van der Waals surface area contributed by atoms with Gasteiger partial charge in [-0.25, -0.2) is 17.9 Å². The van der Waals surface area contributed by atoms with Crippen LogP contribution in [0.5, 0.6) is 0 Å². The molecule has 0 saturated heterocycles. The highest BCUT2D eigenvalue weighted by Gasteiger charge is 2.24. The summed E-state index contributed by atoms with van der Waals surface area (Å²) in [5.74, 6) is -0.550. The van der Waals surface area contributed by atoms with Crippen LogP contribution in [0, 0.1) is 0 Å². The Kier molecular flexibility index (Phi) is 5.32. The van der Waals surface area contributed by atoms with Gasteiger partial charge in [0.2, 0.25) is 10.0 Å². The minimum absolute atomic E-state index is 0.0631. The molecule has 0 amide bonds. The number of esters is 1. The maximum absolute atomic E-state index is 12.1. The van der Waals surface area contributed by atoms with Crippen molar-refractivity contribution in [2.45, 2.75) is 31.2 Å². The van der Waals surface area contributed by atoms with Gasteiger partial charge >= 0.3 is 5.97 Å². The summed E-state index contributed by atoms with van der Waals surface area (Å²) in [6, 6.07) is 1.15. The largest absolute Gasteiger partial charge is 0.465 e. The number of carbonyl (C=O) groups is 1. The van der Waals surface area contributed by atoms with Crippen molar-refractivity contribution >= 4 is 43.3 Å². The van der Waals surface area contributed by atoms with E-state index in [-0.39, 0.29) is 15.8 Å². The number of halogens is 1. The first-order valence-electron chi connectivity index (χ1n) is 5.21. The average Bonchev–Trinajstić information content (AvgIpc) is 2.70. The van der Waals surface area contributed by atoms with E-state index in [9.17, 15) is 13.2 Å². The maximum Gasteiger partial charge on any atom is 0.348 e. The number of hydrogen-bond acceptors (Lipinski definition) is 5. The maximum atomic E-state index is 12.1. The van der Waals surface area contributed by atoms with Gasteiger partial charge in [-0.3, -0.25) is 0 Å². The highest BCUT2D eigenvalue weighted by atomic mass is 79.9. The minimum atomic E-state index is -3.62. The van der Waals surface area contributed by atoms with Crippen LogP contribution in [0.4, 0.5) is 0 Å². The van der Waals surface area contributed by atoms with Gasteiger partial charge in [0.25, 0.3) is 0 Å². The first kappa shape index (κ1) is 15.6. The van der Waals surface area contributed by atoms with E-state index < -0.39 is 16.0 Å². The van der Waals surface area contributed by atoms with Crippen LogP contribution in [0.1, 0.15) is 29.9 Å². The molecule has 0 radical (unpaired) electrons. The van der Waals surface area contributed by atoms with Gasteiger partial charge in [-0.2, -0.15) is 0 Å². The molecular weight excluding hydrogens is 342 g/mol. The highest BCUT2D eigenvalue weighted by molar-refractivity contribution is 9.11. The van der Waals surface area contributed by atoms with Crippen molar-refractivity contribution in [1.29, 1.82) is 0 Å². The Labute approximate surface area is 119 Å². The minimum Gasteiger partial charge on any atom is -0.465 e. The predicted molar refractivity (Wildman–Crippen MR) is 73.4 cm³/mol. The van der Waals surface area contributed by atoms with Crippen LogP contribution in [-0.4, -0.2) is 27.5 Å². The van der Waals surface area contributed by atoms with E-state index >= 15 is 0 Å². The molecule has 8 heteroatoms. The van der Waals surface area contributed by atoms with E-state index in [1.54, 1.807) is 6.92 Å². The van der Waals surface area contributed by atoms with Crippen molar-refractivity contribution < 1.29 is 17.9 Å². The molecular formula is C10H14BrNO4S2. The fourth-order valence-electron chi connectivity index (χ4n) is 1.15. The lowest BCUT2D eigenvalue weighted by atomic mass is 10.3. The molecule has 0 aliphatic carbocycles. The van der Waals surface area contributed by atoms with E-state index in [0.717, 1.165) is 11.3 Å². The standard InChI is InChI=1S/C10H14BrNO4S2/c1-4-6(2)12-18(14,15)8-5-7(10(13)16-3)17-9(8)11/h5-6,12H,4H2,1-3H3/t6-/m0/s1. The van der Waals surface area contributed by atoms with Gasteiger partial charge in [0.1, 0.15) is 9.77 Å². The topological polar surface area (TPSA) is 72.5 Å². The summed E-state index contributed by atoms with van der Waals surface area (Å²) in [4.78, 5) is 11.6. The number of rotatable bonds is 5. The molecule has 0 bridgehead atoms. The van der Waals surface area contributed by atoms with Crippen molar-refractivity contribution in [3.63, 3.8) is 0 Å². The molecule has 1 heterocycles. The Balaban J connectivity index is 3.10. The molecule has 0 fully saturated rings. The molecule has 1 N–H and O–H groups in total. The van der Waals surface area contributed by atoms with Crippen LogP contribution in [0.15, 0.2) is 14.7 Å². The number of nitrogens with one attached hydrogen (secondary N) is 1. The predicted octanol–water partition coefficient (Wildman–Crippen LogP) is 2.37. The number of ether oxygens (including phenoxy) is 1. The molecule has 1 aromatic heterocycles. The van der Waals surface area contributed by atoms with Gasteiger partial charge < -0.3 is 4.74 Å². The lowest BCUT2D eigenvalue weighted by Gasteiger charge is -2.11. The zero-order valence-corrected chi connectivity index (χ0v) is 13.4. The molecule has 0 aromatic carbocycles. The monoisotopic (exact) mass is 355 g/mol. The number of thiophene rings is 1. The Bertz CT molecular complexity index is 538. The second-order valence-corrected chi connectivity index (χ2v) is 7.72. The second kappa shape index (κ2) is 6.14. The Morgan fingerprint density at radius 3 is 2.72 bits per heavy atom. The number of methoxy groups -OCH3 is 1. The van der Waals surface area contributed by atoms with Crippen LogP contribution in [0.2, 0.25) is 0 Å². The number of carbonyl (C=O) groups excluding carboxylic acids is 1. The Morgan fingerprint density at radius 1 is 1.61 bits per heavy atom. The quantitative estimate of drug-likeness (QED) is 0.823. The number of hydrogen-bond donors (Lipinski definition) is 1. The van der Waals surface area contributed by atoms with Gasteiger partial charge in [-0.05, 0) is 35.3 Å². The lowest BCUT2D eigenvalue weighted by molar-refractivity contribution is 0.0606. The van der Waals surface area contributed by atoms with Gasteiger partial charge in [0, 0.05) is 6.04 Å². The van der Waals surface area contributed by atoms with Crippen LogP contribution in [-0.2, 0) is 14.8 Å². The van der Waals surface area contributed by atoms with Gasteiger partial charge in [-0.15, -0.1) is 11.3 Å².